The number of halogens is 9. The zero-order valence-electron chi connectivity index (χ0n) is 24.8. The topological polar surface area (TPSA) is 149 Å². The highest BCUT2D eigenvalue weighted by molar-refractivity contribution is 5.73. The molecule has 0 unspecified atom stereocenters. The predicted molar refractivity (Wildman–Crippen MR) is 140 cm³/mol. The van der Waals surface area contributed by atoms with Gasteiger partial charge in [-0.1, -0.05) is 0 Å². The number of aryl methyl sites for hydroxylation is 1. The SMILES string of the molecule is CN1CCN([C@@H]2CCN(C3CCOCC3)[C@H]2Cc2cnn(C)c2)CC1.O=C(O)C(F)(F)F.O=C(O)C(F)(F)F.O=C(O)C(F)(F)F. The van der Waals surface area contributed by atoms with E-state index in [1.54, 1.807) is 0 Å². The zero-order valence-corrected chi connectivity index (χ0v) is 24.8. The Balaban J connectivity index is 0.000000413. The molecule has 21 heteroatoms. The van der Waals surface area contributed by atoms with Crippen LogP contribution in [0.3, 0.4) is 0 Å². The van der Waals surface area contributed by atoms with Crippen LogP contribution in [0.15, 0.2) is 12.4 Å². The lowest BCUT2D eigenvalue weighted by Gasteiger charge is -2.42. The molecule has 46 heavy (non-hydrogen) atoms. The average Bonchev–Trinajstić information content (AvgIpc) is 3.55. The van der Waals surface area contributed by atoms with Crippen molar-refractivity contribution in [2.75, 3.05) is 53.0 Å². The first-order valence-corrected chi connectivity index (χ1v) is 13.7. The van der Waals surface area contributed by atoms with Gasteiger partial charge in [-0.3, -0.25) is 14.5 Å². The quantitative estimate of drug-likeness (QED) is 0.401. The molecule has 0 amide bonds. The van der Waals surface area contributed by atoms with Crippen molar-refractivity contribution >= 4 is 17.9 Å². The summed E-state index contributed by atoms with van der Waals surface area (Å²) < 4.78 is 103. The average molecular weight is 690 g/mol. The van der Waals surface area contributed by atoms with Gasteiger partial charge in [0.2, 0.25) is 0 Å². The Hall–Kier alpha value is -3.17. The van der Waals surface area contributed by atoms with Crippen molar-refractivity contribution < 1.29 is 74.0 Å². The van der Waals surface area contributed by atoms with Crippen molar-refractivity contribution in [2.45, 2.75) is 62.3 Å². The summed E-state index contributed by atoms with van der Waals surface area (Å²) in [5, 5.41) is 25.8. The third-order valence-electron chi connectivity index (χ3n) is 7.15. The summed E-state index contributed by atoms with van der Waals surface area (Å²) in [5.41, 5.74) is 1.38. The van der Waals surface area contributed by atoms with Gasteiger partial charge in [-0.25, -0.2) is 14.4 Å². The number of nitrogens with zero attached hydrogens (tertiary/aromatic N) is 5. The number of carboxylic acid groups (broad SMARTS) is 3. The minimum atomic E-state index is -5.08. The van der Waals surface area contributed by atoms with Crippen molar-refractivity contribution in [3.8, 4) is 0 Å². The van der Waals surface area contributed by atoms with Crippen molar-refractivity contribution in [1.29, 1.82) is 0 Å². The first-order chi connectivity index (χ1) is 21.0. The molecule has 0 bridgehead atoms. The van der Waals surface area contributed by atoms with Crippen molar-refractivity contribution in [3.63, 3.8) is 0 Å². The molecule has 4 rings (SSSR count). The highest BCUT2D eigenvalue weighted by Gasteiger charge is 2.42. The number of likely N-dealkylation sites (tertiary alicyclic amines) is 1. The van der Waals surface area contributed by atoms with E-state index in [2.05, 4.69) is 39.2 Å². The van der Waals surface area contributed by atoms with Crippen LogP contribution in [0.1, 0.15) is 24.8 Å². The maximum absolute atomic E-state index is 10.6. The smallest absolute Gasteiger partial charge is 0.475 e. The fraction of sp³-hybridized carbons (Fsp3) is 0.760. The second-order valence-corrected chi connectivity index (χ2v) is 10.5. The van der Waals surface area contributed by atoms with Crippen LogP contribution in [0, 0.1) is 0 Å². The summed E-state index contributed by atoms with van der Waals surface area (Å²) in [4.78, 5) is 34.7. The number of rotatable bonds is 4. The number of likely N-dealkylation sites (N-methyl/N-ethyl adjacent to an activating group) is 1. The third kappa shape index (κ3) is 14.5. The van der Waals surface area contributed by atoms with Crippen LogP contribution in [0.4, 0.5) is 39.5 Å². The molecule has 0 aliphatic carbocycles. The van der Waals surface area contributed by atoms with Crippen molar-refractivity contribution in [1.82, 2.24) is 24.5 Å². The number of ether oxygens (including phenoxy) is 1. The molecule has 4 heterocycles. The Bertz CT molecular complexity index is 1040. The normalized spacial score (nSPS) is 22.0. The molecule has 12 nitrogen and oxygen atoms in total. The molecule has 2 atom stereocenters. The van der Waals surface area contributed by atoms with E-state index in [4.69, 9.17) is 34.4 Å². The van der Waals surface area contributed by atoms with Gasteiger partial charge in [0, 0.05) is 77.3 Å². The molecular formula is C25H36F9N5O7. The first-order valence-electron chi connectivity index (χ1n) is 13.7. The van der Waals surface area contributed by atoms with Crippen LogP contribution < -0.4 is 0 Å². The lowest BCUT2D eigenvalue weighted by Crippen LogP contribution is -2.55. The van der Waals surface area contributed by atoms with E-state index >= 15 is 0 Å². The highest BCUT2D eigenvalue weighted by atomic mass is 19.4. The van der Waals surface area contributed by atoms with Crippen LogP contribution in [0.25, 0.3) is 0 Å². The number of alkyl halides is 9. The van der Waals surface area contributed by atoms with Gasteiger partial charge in [0.05, 0.1) is 6.20 Å². The molecule has 0 radical (unpaired) electrons. The Kier molecular flexibility index (Phi) is 15.7. The monoisotopic (exact) mass is 689 g/mol. The number of aromatic nitrogens is 2. The second kappa shape index (κ2) is 17.7. The molecule has 1 aromatic rings. The Morgan fingerprint density at radius 2 is 1.22 bits per heavy atom. The Morgan fingerprint density at radius 1 is 0.783 bits per heavy atom. The molecule has 3 N–H and O–H groups in total. The maximum atomic E-state index is 10.6. The number of piperazine rings is 1. The van der Waals surface area contributed by atoms with Gasteiger partial charge in [0.25, 0.3) is 0 Å². The Morgan fingerprint density at radius 3 is 1.59 bits per heavy atom. The van der Waals surface area contributed by atoms with Gasteiger partial charge in [-0.15, -0.1) is 0 Å². The minimum absolute atomic E-state index is 0.621. The second-order valence-electron chi connectivity index (χ2n) is 10.5. The molecular weight excluding hydrogens is 653 g/mol. The van der Waals surface area contributed by atoms with E-state index in [1.807, 2.05) is 11.7 Å². The summed E-state index contributed by atoms with van der Waals surface area (Å²) in [7, 11) is 4.26. The fourth-order valence-electron chi connectivity index (χ4n) is 4.98. The Labute approximate surface area is 257 Å². The largest absolute Gasteiger partial charge is 0.490 e. The van der Waals surface area contributed by atoms with Crippen LogP contribution in [0.5, 0.6) is 0 Å². The first kappa shape index (κ1) is 40.9. The van der Waals surface area contributed by atoms with Gasteiger partial charge < -0.3 is 25.0 Å². The van der Waals surface area contributed by atoms with Crippen LogP contribution in [-0.4, -0.2) is 147 Å². The number of hydrogen-bond acceptors (Lipinski definition) is 8. The fourth-order valence-corrected chi connectivity index (χ4v) is 4.98. The molecule has 3 saturated heterocycles. The number of carboxylic acids is 3. The summed E-state index contributed by atoms with van der Waals surface area (Å²) in [5.74, 6) is -8.27. The molecule has 266 valence electrons. The van der Waals surface area contributed by atoms with E-state index in [9.17, 15) is 39.5 Å². The van der Waals surface area contributed by atoms with Crippen LogP contribution >= 0.6 is 0 Å². The van der Waals surface area contributed by atoms with Gasteiger partial charge >= 0.3 is 36.4 Å². The summed E-state index contributed by atoms with van der Waals surface area (Å²) in [6.45, 7) is 7.94. The molecule has 3 aliphatic heterocycles. The van der Waals surface area contributed by atoms with Gasteiger partial charge in [-0.05, 0) is 38.3 Å². The van der Waals surface area contributed by atoms with E-state index in [0.717, 1.165) is 19.6 Å². The van der Waals surface area contributed by atoms with Crippen LogP contribution in [0.2, 0.25) is 0 Å². The number of hydrogen-bond donors (Lipinski definition) is 3. The summed E-state index contributed by atoms with van der Waals surface area (Å²) in [6.07, 6.45) is -6.17. The maximum Gasteiger partial charge on any atom is 0.490 e. The van der Waals surface area contributed by atoms with Gasteiger partial charge in [0.1, 0.15) is 0 Å². The molecule has 3 aliphatic rings. The van der Waals surface area contributed by atoms with Gasteiger partial charge in [0.15, 0.2) is 0 Å². The molecule has 0 spiro atoms. The standard InChI is InChI=1S/C19H33N5O.3C2HF3O2/c1-21-7-9-23(10-8-21)18-3-6-24(17-4-11-25-12-5-17)19(18)13-16-14-20-22(2)15-16;3*3-2(4,5)1(6)7/h14-15,17-19H,3-13H2,1-2H3;3*(H,6,7)/t18-,19+;;;/m1.../s1. The van der Waals surface area contributed by atoms with E-state index < -0.39 is 36.4 Å². The minimum Gasteiger partial charge on any atom is -0.475 e. The lowest BCUT2D eigenvalue weighted by molar-refractivity contribution is -0.193. The van der Waals surface area contributed by atoms with E-state index in [1.165, 1.54) is 57.5 Å². The van der Waals surface area contributed by atoms with E-state index in [-0.39, 0.29) is 0 Å². The van der Waals surface area contributed by atoms with Crippen molar-refractivity contribution in [3.05, 3.63) is 18.0 Å². The molecule has 3 fully saturated rings. The lowest BCUT2D eigenvalue weighted by atomic mass is 9.97. The predicted octanol–water partition coefficient (Wildman–Crippen LogP) is 2.73. The van der Waals surface area contributed by atoms with Crippen molar-refractivity contribution in [2.24, 2.45) is 7.05 Å². The third-order valence-corrected chi connectivity index (χ3v) is 7.15. The number of carbonyl (C=O) groups is 3. The zero-order chi connectivity index (χ0) is 35.5. The molecule has 0 saturated carbocycles. The number of aliphatic carboxylic acids is 3. The molecule has 1 aromatic heterocycles. The summed E-state index contributed by atoms with van der Waals surface area (Å²) in [6, 6.07) is 2.01. The summed E-state index contributed by atoms with van der Waals surface area (Å²) >= 11 is 0. The van der Waals surface area contributed by atoms with Gasteiger partial charge in [-0.2, -0.15) is 44.6 Å². The molecule has 0 aromatic carbocycles. The van der Waals surface area contributed by atoms with E-state index in [0.29, 0.717) is 18.1 Å². The van der Waals surface area contributed by atoms with Crippen LogP contribution in [-0.2, 0) is 32.6 Å². The highest BCUT2D eigenvalue weighted by Crippen LogP contribution is 2.31.